The second-order valence-electron chi connectivity index (χ2n) is 7.53. The number of hydrogen-bond acceptors (Lipinski definition) is 4. The molecule has 0 spiro atoms. The number of nitrogens with two attached hydrogens (primary N) is 1. The Hall–Kier alpha value is -3.08. The van der Waals surface area contributed by atoms with Crippen LogP contribution in [-0.4, -0.2) is 14.5 Å². The highest BCUT2D eigenvalue weighted by molar-refractivity contribution is 6.06. The molecule has 0 aliphatic rings. The van der Waals surface area contributed by atoms with Gasteiger partial charge >= 0.3 is 0 Å². The maximum atomic E-state index is 6.28. The van der Waals surface area contributed by atoms with Crippen LogP contribution in [0.3, 0.4) is 0 Å². The van der Waals surface area contributed by atoms with E-state index in [2.05, 4.69) is 48.5 Å². The third-order valence-corrected chi connectivity index (χ3v) is 4.87. The van der Waals surface area contributed by atoms with E-state index in [0.717, 1.165) is 52.0 Å². The lowest BCUT2D eigenvalue weighted by molar-refractivity contribution is 0.306. The summed E-state index contributed by atoms with van der Waals surface area (Å²) in [5, 5.41) is 1.06. The minimum Gasteiger partial charge on any atom is -0.489 e. The SMILES string of the molecule is CCc1nc2c(N)nc3cc(OCc4ccccc4)ccc3c2n1CC(C)C. The maximum absolute atomic E-state index is 6.28. The van der Waals surface area contributed by atoms with E-state index in [-0.39, 0.29) is 0 Å². The van der Waals surface area contributed by atoms with Crippen LogP contribution >= 0.6 is 0 Å². The number of imidazole rings is 1. The third-order valence-electron chi connectivity index (χ3n) is 4.87. The van der Waals surface area contributed by atoms with Gasteiger partial charge in [-0.25, -0.2) is 9.97 Å². The summed E-state index contributed by atoms with van der Waals surface area (Å²) >= 11 is 0. The number of pyridine rings is 1. The first kappa shape index (κ1) is 18.3. The van der Waals surface area contributed by atoms with E-state index >= 15 is 0 Å². The second-order valence-corrected chi connectivity index (χ2v) is 7.53. The zero-order valence-corrected chi connectivity index (χ0v) is 16.6. The molecule has 28 heavy (non-hydrogen) atoms. The highest BCUT2D eigenvalue weighted by Gasteiger charge is 2.17. The van der Waals surface area contributed by atoms with Crippen LogP contribution in [-0.2, 0) is 19.6 Å². The van der Waals surface area contributed by atoms with Gasteiger partial charge in [-0.3, -0.25) is 0 Å². The van der Waals surface area contributed by atoms with Crippen LogP contribution in [0.15, 0.2) is 48.5 Å². The van der Waals surface area contributed by atoms with E-state index in [1.54, 1.807) is 0 Å². The van der Waals surface area contributed by atoms with Gasteiger partial charge in [-0.15, -0.1) is 0 Å². The molecule has 0 fully saturated rings. The number of hydrogen-bond donors (Lipinski definition) is 1. The summed E-state index contributed by atoms with van der Waals surface area (Å²) < 4.78 is 8.27. The van der Waals surface area contributed by atoms with Crippen LogP contribution < -0.4 is 10.5 Å². The van der Waals surface area contributed by atoms with Crippen LogP contribution in [0.1, 0.15) is 32.2 Å². The summed E-state index contributed by atoms with van der Waals surface area (Å²) in [5.41, 5.74) is 10.1. The van der Waals surface area contributed by atoms with Crippen LogP contribution in [0.4, 0.5) is 5.82 Å². The first-order chi connectivity index (χ1) is 13.6. The Balaban J connectivity index is 1.78. The molecule has 0 amide bonds. The van der Waals surface area contributed by atoms with Gasteiger partial charge in [0.15, 0.2) is 5.82 Å². The number of nitrogen functional groups attached to an aromatic ring is 1. The van der Waals surface area contributed by atoms with Crippen molar-refractivity contribution in [3.63, 3.8) is 0 Å². The molecule has 0 radical (unpaired) electrons. The van der Waals surface area contributed by atoms with Gasteiger partial charge in [0.2, 0.25) is 0 Å². The van der Waals surface area contributed by atoms with E-state index in [1.807, 2.05) is 30.3 Å². The molecule has 0 saturated heterocycles. The van der Waals surface area contributed by atoms with E-state index < -0.39 is 0 Å². The normalized spacial score (nSPS) is 11.6. The highest BCUT2D eigenvalue weighted by Crippen LogP contribution is 2.31. The van der Waals surface area contributed by atoms with Crippen molar-refractivity contribution < 1.29 is 4.74 Å². The Morgan fingerprint density at radius 3 is 2.57 bits per heavy atom. The molecule has 2 aromatic heterocycles. The van der Waals surface area contributed by atoms with Crippen molar-refractivity contribution >= 4 is 27.8 Å². The minimum absolute atomic E-state index is 0.472. The first-order valence-corrected chi connectivity index (χ1v) is 9.82. The summed E-state index contributed by atoms with van der Waals surface area (Å²) in [6, 6.07) is 16.2. The standard InChI is InChI=1S/C23H26N4O/c1-4-20-26-21-22(27(20)13-15(2)3)18-11-10-17(12-19(18)25-23(21)24)28-14-16-8-6-5-7-9-16/h5-12,15H,4,13-14H2,1-3H3,(H2,24,25). The lowest BCUT2D eigenvalue weighted by Gasteiger charge is -2.13. The van der Waals surface area contributed by atoms with Gasteiger partial charge < -0.3 is 15.0 Å². The van der Waals surface area contributed by atoms with Gasteiger partial charge in [-0.2, -0.15) is 0 Å². The second kappa shape index (κ2) is 7.50. The lowest BCUT2D eigenvalue weighted by atomic mass is 10.1. The fraction of sp³-hybridized carbons (Fsp3) is 0.304. The molecule has 5 nitrogen and oxygen atoms in total. The van der Waals surface area contributed by atoms with Gasteiger partial charge in [0.05, 0.1) is 11.0 Å². The van der Waals surface area contributed by atoms with Crippen LogP contribution in [0, 0.1) is 5.92 Å². The molecule has 2 heterocycles. The molecule has 4 rings (SSSR count). The van der Waals surface area contributed by atoms with Gasteiger partial charge in [-0.05, 0) is 23.6 Å². The van der Waals surface area contributed by atoms with Crippen molar-refractivity contribution in [1.82, 2.24) is 14.5 Å². The third kappa shape index (κ3) is 3.40. The molecule has 2 N–H and O–H groups in total. The zero-order valence-electron chi connectivity index (χ0n) is 16.6. The molecule has 144 valence electrons. The van der Waals surface area contributed by atoms with E-state index in [9.17, 15) is 0 Å². The Morgan fingerprint density at radius 2 is 1.86 bits per heavy atom. The summed E-state index contributed by atoms with van der Waals surface area (Å²) in [6.07, 6.45) is 0.862. The monoisotopic (exact) mass is 374 g/mol. The summed E-state index contributed by atoms with van der Waals surface area (Å²) in [4.78, 5) is 9.39. The number of aryl methyl sites for hydroxylation is 1. The fourth-order valence-electron chi connectivity index (χ4n) is 3.60. The van der Waals surface area contributed by atoms with E-state index in [4.69, 9.17) is 15.5 Å². The summed E-state index contributed by atoms with van der Waals surface area (Å²) in [7, 11) is 0. The number of nitrogens with zero attached hydrogens (tertiary/aromatic N) is 3. The smallest absolute Gasteiger partial charge is 0.152 e. The molecular formula is C23H26N4O. The Bertz CT molecular complexity index is 1120. The molecule has 5 heteroatoms. The number of benzene rings is 2. The lowest BCUT2D eigenvalue weighted by Crippen LogP contribution is -2.08. The fourth-order valence-corrected chi connectivity index (χ4v) is 3.60. The Morgan fingerprint density at radius 1 is 1.07 bits per heavy atom. The molecule has 0 aliphatic carbocycles. The number of rotatable bonds is 6. The molecule has 2 aromatic carbocycles. The number of fused-ring (bicyclic) bond motifs is 3. The van der Waals surface area contributed by atoms with Gasteiger partial charge in [-0.1, -0.05) is 51.1 Å². The molecule has 0 unspecified atom stereocenters. The van der Waals surface area contributed by atoms with Crippen LogP contribution in [0.25, 0.3) is 21.9 Å². The summed E-state index contributed by atoms with van der Waals surface area (Å²) in [5.74, 6) is 2.82. The van der Waals surface area contributed by atoms with Gasteiger partial charge in [0.25, 0.3) is 0 Å². The average Bonchev–Trinajstić information content (AvgIpc) is 3.05. The van der Waals surface area contributed by atoms with Crippen molar-refractivity contribution in [2.75, 3.05) is 5.73 Å². The molecule has 4 aromatic rings. The topological polar surface area (TPSA) is 66.0 Å². The number of anilines is 1. The largest absolute Gasteiger partial charge is 0.489 e. The van der Waals surface area contributed by atoms with Gasteiger partial charge in [0.1, 0.15) is 23.7 Å². The predicted molar refractivity (Wildman–Crippen MR) is 114 cm³/mol. The van der Waals surface area contributed by atoms with Crippen molar-refractivity contribution in [3.8, 4) is 5.75 Å². The quantitative estimate of drug-likeness (QED) is 0.518. The van der Waals surface area contributed by atoms with E-state index in [0.29, 0.717) is 18.3 Å². The van der Waals surface area contributed by atoms with Crippen LogP contribution in [0.5, 0.6) is 5.75 Å². The van der Waals surface area contributed by atoms with Gasteiger partial charge in [0, 0.05) is 24.4 Å². The van der Waals surface area contributed by atoms with E-state index in [1.165, 1.54) is 0 Å². The average molecular weight is 374 g/mol. The minimum atomic E-state index is 0.472. The van der Waals surface area contributed by atoms with Crippen molar-refractivity contribution in [2.24, 2.45) is 5.92 Å². The highest BCUT2D eigenvalue weighted by atomic mass is 16.5. The molecule has 0 bridgehead atoms. The predicted octanol–water partition coefficient (Wildman–Crippen LogP) is 4.96. The van der Waals surface area contributed by atoms with Crippen molar-refractivity contribution in [1.29, 1.82) is 0 Å². The zero-order chi connectivity index (χ0) is 19.7. The van der Waals surface area contributed by atoms with Crippen molar-refractivity contribution in [3.05, 3.63) is 59.9 Å². The molecule has 0 aliphatic heterocycles. The molecular weight excluding hydrogens is 348 g/mol. The van der Waals surface area contributed by atoms with Crippen LogP contribution in [0.2, 0.25) is 0 Å². The molecule has 0 atom stereocenters. The first-order valence-electron chi connectivity index (χ1n) is 9.82. The number of ether oxygens (including phenoxy) is 1. The number of aromatic nitrogens is 3. The Kier molecular flexibility index (Phi) is 4.90. The maximum Gasteiger partial charge on any atom is 0.152 e. The Labute approximate surface area is 165 Å². The van der Waals surface area contributed by atoms with Crippen molar-refractivity contribution in [2.45, 2.75) is 40.3 Å². The molecule has 0 saturated carbocycles. The summed E-state index contributed by atoms with van der Waals surface area (Å²) in [6.45, 7) is 7.99.